The van der Waals surface area contributed by atoms with Gasteiger partial charge in [0.1, 0.15) is 22.4 Å². The molecule has 2 aromatic heterocycles. The molecular formula is C19H13N3O4S2. The summed E-state index contributed by atoms with van der Waals surface area (Å²) in [5.74, 6) is 0.110. The SMILES string of the molecule is Cc1ccc([N+](=O)[O-])cc1-c1ccc(/C=C2\SC(=N)[C@@H](c3nccs3)C2=O)o1. The van der Waals surface area contributed by atoms with Crippen molar-refractivity contribution in [2.45, 2.75) is 12.8 Å². The lowest BCUT2D eigenvalue weighted by atomic mass is 10.1. The number of ketones is 1. The van der Waals surface area contributed by atoms with Crippen molar-refractivity contribution in [3.63, 3.8) is 0 Å². The van der Waals surface area contributed by atoms with Crippen LogP contribution < -0.4 is 0 Å². The summed E-state index contributed by atoms with van der Waals surface area (Å²) >= 11 is 2.45. The van der Waals surface area contributed by atoms with Gasteiger partial charge in [-0.3, -0.25) is 20.3 Å². The number of carbonyl (C=O) groups excluding carboxylic acids is 1. The van der Waals surface area contributed by atoms with E-state index in [1.807, 2.05) is 6.92 Å². The molecule has 0 amide bonds. The van der Waals surface area contributed by atoms with Gasteiger partial charge in [-0.1, -0.05) is 17.8 Å². The number of furan rings is 1. The molecule has 1 aliphatic heterocycles. The van der Waals surface area contributed by atoms with E-state index in [4.69, 9.17) is 9.83 Å². The number of rotatable bonds is 4. The molecule has 28 heavy (non-hydrogen) atoms. The van der Waals surface area contributed by atoms with E-state index < -0.39 is 10.8 Å². The van der Waals surface area contributed by atoms with E-state index in [-0.39, 0.29) is 16.5 Å². The number of aromatic nitrogens is 1. The van der Waals surface area contributed by atoms with Crippen molar-refractivity contribution in [1.82, 2.24) is 4.98 Å². The molecule has 1 aliphatic rings. The molecule has 9 heteroatoms. The van der Waals surface area contributed by atoms with Crippen molar-refractivity contribution >= 4 is 45.7 Å². The van der Waals surface area contributed by atoms with Crippen LogP contribution in [0.15, 0.2) is 51.2 Å². The maximum Gasteiger partial charge on any atom is 0.270 e. The van der Waals surface area contributed by atoms with Gasteiger partial charge in [0.2, 0.25) is 0 Å². The number of aryl methyl sites for hydroxylation is 1. The molecule has 0 bridgehead atoms. The molecule has 7 nitrogen and oxygen atoms in total. The highest BCUT2D eigenvalue weighted by molar-refractivity contribution is 8.19. The number of hydrogen-bond donors (Lipinski definition) is 1. The quantitative estimate of drug-likeness (QED) is 0.366. The maximum absolute atomic E-state index is 12.7. The van der Waals surface area contributed by atoms with E-state index in [1.54, 1.807) is 35.9 Å². The van der Waals surface area contributed by atoms with Gasteiger partial charge in [-0.05, 0) is 30.7 Å². The first-order valence-electron chi connectivity index (χ1n) is 8.21. The highest BCUT2D eigenvalue weighted by atomic mass is 32.2. The topological polar surface area (TPSA) is 110 Å². The number of thiazole rings is 1. The van der Waals surface area contributed by atoms with Crippen molar-refractivity contribution in [2.24, 2.45) is 0 Å². The maximum atomic E-state index is 12.7. The summed E-state index contributed by atoms with van der Waals surface area (Å²) in [5.41, 5.74) is 1.45. The smallest absolute Gasteiger partial charge is 0.270 e. The van der Waals surface area contributed by atoms with Gasteiger partial charge < -0.3 is 4.42 Å². The molecule has 140 valence electrons. The van der Waals surface area contributed by atoms with Gasteiger partial charge in [-0.15, -0.1) is 11.3 Å². The number of nitro benzene ring substituents is 1. The number of Topliss-reactive ketones (excluding diaryl/α,β-unsaturated/α-hetero) is 1. The molecule has 4 rings (SSSR count). The van der Waals surface area contributed by atoms with Crippen LogP contribution in [0.2, 0.25) is 0 Å². The van der Waals surface area contributed by atoms with Crippen LogP contribution in [0.1, 0.15) is 22.2 Å². The van der Waals surface area contributed by atoms with Gasteiger partial charge in [0, 0.05) is 29.3 Å². The second kappa shape index (κ2) is 7.17. The predicted octanol–water partition coefficient (Wildman–Crippen LogP) is 5.04. The van der Waals surface area contributed by atoms with Crippen molar-refractivity contribution in [3.05, 3.63) is 73.3 Å². The van der Waals surface area contributed by atoms with Crippen LogP contribution in [0.4, 0.5) is 5.69 Å². The van der Waals surface area contributed by atoms with Crippen LogP contribution in [0.3, 0.4) is 0 Å². The average molecular weight is 411 g/mol. The van der Waals surface area contributed by atoms with Gasteiger partial charge in [-0.25, -0.2) is 4.98 Å². The number of nitrogens with zero attached hydrogens (tertiary/aromatic N) is 2. The van der Waals surface area contributed by atoms with Gasteiger partial charge in [-0.2, -0.15) is 0 Å². The Labute approximate surface area is 167 Å². The van der Waals surface area contributed by atoms with Gasteiger partial charge in [0.15, 0.2) is 5.78 Å². The fraction of sp³-hybridized carbons (Fsp3) is 0.105. The van der Waals surface area contributed by atoms with Gasteiger partial charge in [0.25, 0.3) is 5.69 Å². The third-order valence-electron chi connectivity index (χ3n) is 4.28. The highest BCUT2D eigenvalue weighted by Gasteiger charge is 2.38. The molecule has 0 spiro atoms. The summed E-state index contributed by atoms with van der Waals surface area (Å²) in [6, 6.07) is 8.00. The fourth-order valence-corrected chi connectivity index (χ4v) is 4.67. The molecule has 3 heterocycles. The lowest BCUT2D eigenvalue weighted by Crippen LogP contribution is -2.11. The van der Waals surface area contributed by atoms with Crippen LogP contribution in [0.5, 0.6) is 0 Å². The summed E-state index contributed by atoms with van der Waals surface area (Å²) in [6.45, 7) is 1.84. The number of nitro groups is 1. The Bertz CT molecular complexity index is 1130. The van der Waals surface area contributed by atoms with Crippen molar-refractivity contribution < 1.29 is 14.1 Å². The number of thioether (sulfide) groups is 1. The molecular weight excluding hydrogens is 398 g/mol. The average Bonchev–Trinajstić information content (AvgIpc) is 3.38. The third-order valence-corrected chi connectivity index (χ3v) is 6.12. The summed E-state index contributed by atoms with van der Waals surface area (Å²) in [4.78, 5) is 27.8. The number of hydrogen-bond acceptors (Lipinski definition) is 8. The molecule has 3 aromatic rings. The summed E-state index contributed by atoms with van der Waals surface area (Å²) in [7, 11) is 0. The Morgan fingerprint density at radius 2 is 2.14 bits per heavy atom. The van der Waals surface area contributed by atoms with E-state index in [0.29, 0.717) is 27.0 Å². The predicted molar refractivity (Wildman–Crippen MR) is 109 cm³/mol. The van der Waals surface area contributed by atoms with E-state index in [2.05, 4.69) is 4.98 Å². The summed E-state index contributed by atoms with van der Waals surface area (Å²) in [5, 5.41) is 21.8. The van der Waals surface area contributed by atoms with Crippen LogP contribution in [-0.4, -0.2) is 20.7 Å². The molecule has 1 N–H and O–H groups in total. The first kappa shape index (κ1) is 18.3. The Morgan fingerprint density at radius 3 is 2.86 bits per heavy atom. The fourth-order valence-electron chi connectivity index (χ4n) is 2.88. The monoisotopic (exact) mass is 411 g/mol. The molecule has 0 radical (unpaired) electrons. The molecule has 0 unspecified atom stereocenters. The Morgan fingerprint density at radius 1 is 1.32 bits per heavy atom. The first-order chi connectivity index (χ1) is 13.4. The Hall–Kier alpha value is -3.04. The first-order valence-corrected chi connectivity index (χ1v) is 9.90. The molecule has 0 saturated carbocycles. The number of nitrogens with one attached hydrogen (secondary N) is 1. The number of allylic oxidation sites excluding steroid dienone is 1. The highest BCUT2D eigenvalue weighted by Crippen LogP contribution is 2.41. The van der Waals surface area contributed by atoms with Gasteiger partial charge in [0.05, 0.1) is 14.9 Å². The second-order valence-corrected chi connectivity index (χ2v) is 8.11. The lowest BCUT2D eigenvalue weighted by Gasteiger charge is -2.02. The summed E-state index contributed by atoms with van der Waals surface area (Å²) in [6.07, 6.45) is 3.22. The Kier molecular flexibility index (Phi) is 4.70. The van der Waals surface area contributed by atoms with E-state index in [0.717, 1.165) is 17.3 Å². The van der Waals surface area contributed by atoms with Crippen LogP contribution >= 0.6 is 23.1 Å². The van der Waals surface area contributed by atoms with E-state index in [1.165, 1.54) is 23.5 Å². The van der Waals surface area contributed by atoms with Crippen LogP contribution in [0.25, 0.3) is 17.4 Å². The number of non-ortho nitro benzene ring substituents is 1. The minimum absolute atomic E-state index is 0.0156. The minimum atomic E-state index is -0.648. The molecule has 1 fully saturated rings. The van der Waals surface area contributed by atoms with E-state index >= 15 is 0 Å². The Balaban J connectivity index is 1.64. The number of benzene rings is 1. The molecule has 1 aromatic carbocycles. The van der Waals surface area contributed by atoms with Crippen LogP contribution in [-0.2, 0) is 4.79 Å². The largest absolute Gasteiger partial charge is 0.457 e. The second-order valence-electron chi connectivity index (χ2n) is 6.10. The van der Waals surface area contributed by atoms with Crippen LogP contribution in [0, 0.1) is 22.4 Å². The lowest BCUT2D eigenvalue weighted by molar-refractivity contribution is -0.384. The van der Waals surface area contributed by atoms with Crippen molar-refractivity contribution in [3.8, 4) is 11.3 Å². The minimum Gasteiger partial charge on any atom is -0.457 e. The standard InChI is InChI=1S/C19H13N3O4S2/c1-10-2-3-11(22(24)25)8-13(10)14-5-4-12(26-14)9-15-17(23)16(18(20)28-15)19-21-6-7-27-19/h2-9,16,20H,1H3/b15-9-,20-18?/t16-/m0/s1. The summed E-state index contributed by atoms with van der Waals surface area (Å²) < 4.78 is 5.81. The van der Waals surface area contributed by atoms with Crippen molar-refractivity contribution in [2.75, 3.05) is 0 Å². The molecule has 1 atom stereocenters. The normalized spacial score (nSPS) is 18.2. The molecule has 1 saturated heterocycles. The zero-order chi connectivity index (χ0) is 19.8. The van der Waals surface area contributed by atoms with Crippen molar-refractivity contribution in [1.29, 1.82) is 5.41 Å². The third kappa shape index (κ3) is 3.30. The molecule has 0 aliphatic carbocycles. The zero-order valence-electron chi connectivity index (χ0n) is 14.5. The number of carbonyl (C=O) groups is 1. The van der Waals surface area contributed by atoms with E-state index in [9.17, 15) is 14.9 Å². The zero-order valence-corrected chi connectivity index (χ0v) is 16.2. The van der Waals surface area contributed by atoms with Gasteiger partial charge >= 0.3 is 0 Å².